The van der Waals surface area contributed by atoms with Gasteiger partial charge in [0.15, 0.2) is 0 Å². The SMILES string of the molecule is CNc1nc(C(=O)Nc2cccnc2)cc2ccccc12. The Kier molecular flexibility index (Phi) is 3.47. The molecule has 0 saturated heterocycles. The van der Waals surface area contributed by atoms with Crippen LogP contribution < -0.4 is 10.6 Å². The predicted molar refractivity (Wildman–Crippen MR) is 83.5 cm³/mol. The number of nitrogens with one attached hydrogen (secondary N) is 2. The fourth-order valence-corrected chi connectivity index (χ4v) is 2.14. The molecule has 0 saturated carbocycles. The Hall–Kier alpha value is -2.95. The number of carbonyl (C=O) groups is 1. The van der Waals surface area contributed by atoms with Gasteiger partial charge in [-0.05, 0) is 23.6 Å². The van der Waals surface area contributed by atoms with Crippen molar-refractivity contribution in [1.82, 2.24) is 9.97 Å². The van der Waals surface area contributed by atoms with Crippen LogP contribution in [0.2, 0.25) is 0 Å². The predicted octanol–water partition coefficient (Wildman–Crippen LogP) is 2.92. The molecule has 0 unspecified atom stereocenters. The number of aromatic nitrogens is 2. The van der Waals surface area contributed by atoms with Crippen molar-refractivity contribution in [2.45, 2.75) is 0 Å². The average molecular weight is 278 g/mol. The van der Waals surface area contributed by atoms with Crippen LogP contribution in [0.5, 0.6) is 0 Å². The molecule has 5 nitrogen and oxygen atoms in total. The van der Waals surface area contributed by atoms with E-state index < -0.39 is 0 Å². The fourth-order valence-electron chi connectivity index (χ4n) is 2.14. The highest BCUT2D eigenvalue weighted by Crippen LogP contribution is 2.22. The van der Waals surface area contributed by atoms with E-state index >= 15 is 0 Å². The van der Waals surface area contributed by atoms with Gasteiger partial charge in [-0.2, -0.15) is 0 Å². The Morgan fingerprint density at radius 3 is 2.76 bits per heavy atom. The van der Waals surface area contributed by atoms with E-state index in [-0.39, 0.29) is 5.91 Å². The van der Waals surface area contributed by atoms with Crippen LogP contribution in [0.3, 0.4) is 0 Å². The lowest BCUT2D eigenvalue weighted by Crippen LogP contribution is -2.14. The maximum absolute atomic E-state index is 12.3. The summed E-state index contributed by atoms with van der Waals surface area (Å²) in [5.41, 5.74) is 1.00. The Morgan fingerprint density at radius 2 is 2.00 bits per heavy atom. The molecule has 3 aromatic rings. The summed E-state index contributed by atoms with van der Waals surface area (Å²) in [6, 6.07) is 13.1. The molecule has 5 heteroatoms. The molecule has 21 heavy (non-hydrogen) atoms. The van der Waals surface area contributed by atoms with Crippen LogP contribution in [0.15, 0.2) is 54.9 Å². The second kappa shape index (κ2) is 5.58. The number of nitrogens with zero attached hydrogens (tertiary/aromatic N) is 2. The van der Waals surface area contributed by atoms with Crippen LogP contribution in [0.25, 0.3) is 10.8 Å². The third-order valence-electron chi connectivity index (χ3n) is 3.13. The zero-order chi connectivity index (χ0) is 14.7. The lowest BCUT2D eigenvalue weighted by Gasteiger charge is -2.09. The molecule has 0 aliphatic rings. The van der Waals surface area contributed by atoms with Crippen LogP contribution in [-0.4, -0.2) is 22.9 Å². The molecular weight excluding hydrogens is 264 g/mol. The number of pyridine rings is 2. The Morgan fingerprint density at radius 1 is 1.14 bits per heavy atom. The largest absolute Gasteiger partial charge is 0.373 e. The number of amides is 1. The second-order valence-electron chi connectivity index (χ2n) is 4.52. The summed E-state index contributed by atoms with van der Waals surface area (Å²) in [5, 5.41) is 7.76. The monoisotopic (exact) mass is 278 g/mol. The molecule has 0 bridgehead atoms. The van der Waals surface area contributed by atoms with Gasteiger partial charge >= 0.3 is 0 Å². The fraction of sp³-hybridized carbons (Fsp3) is 0.0625. The number of hydrogen-bond donors (Lipinski definition) is 2. The first-order valence-electron chi connectivity index (χ1n) is 6.57. The van der Waals surface area contributed by atoms with Crippen molar-refractivity contribution in [3.05, 3.63) is 60.6 Å². The highest BCUT2D eigenvalue weighted by Gasteiger charge is 2.11. The summed E-state index contributed by atoms with van der Waals surface area (Å²) in [6.45, 7) is 0. The van der Waals surface area contributed by atoms with Gasteiger partial charge in [0, 0.05) is 18.6 Å². The molecular formula is C16H14N4O. The third kappa shape index (κ3) is 2.67. The number of benzene rings is 1. The minimum Gasteiger partial charge on any atom is -0.373 e. The lowest BCUT2D eigenvalue weighted by atomic mass is 10.1. The van der Waals surface area contributed by atoms with Gasteiger partial charge in [-0.3, -0.25) is 9.78 Å². The van der Waals surface area contributed by atoms with Gasteiger partial charge in [-0.1, -0.05) is 24.3 Å². The van der Waals surface area contributed by atoms with E-state index in [0.29, 0.717) is 17.2 Å². The summed E-state index contributed by atoms with van der Waals surface area (Å²) in [4.78, 5) is 20.6. The molecule has 0 radical (unpaired) electrons. The van der Waals surface area contributed by atoms with Crippen molar-refractivity contribution in [3.63, 3.8) is 0 Å². The lowest BCUT2D eigenvalue weighted by molar-refractivity contribution is 0.102. The number of anilines is 2. The molecule has 2 N–H and O–H groups in total. The third-order valence-corrected chi connectivity index (χ3v) is 3.13. The zero-order valence-electron chi connectivity index (χ0n) is 11.5. The average Bonchev–Trinajstić information content (AvgIpc) is 2.54. The zero-order valence-corrected chi connectivity index (χ0v) is 11.5. The number of carbonyl (C=O) groups excluding carboxylic acids is 1. The highest BCUT2D eigenvalue weighted by atomic mass is 16.1. The van der Waals surface area contributed by atoms with Crippen LogP contribution in [0, 0.1) is 0 Å². The van der Waals surface area contributed by atoms with Gasteiger partial charge < -0.3 is 10.6 Å². The summed E-state index contributed by atoms with van der Waals surface area (Å²) < 4.78 is 0. The van der Waals surface area contributed by atoms with E-state index in [2.05, 4.69) is 20.6 Å². The normalized spacial score (nSPS) is 10.3. The van der Waals surface area contributed by atoms with Gasteiger partial charge in [-0.15, -0.1) is 0 Å². The first-order valence-corrected chi connectivity index (χ1v) is 6.57. The van der Waals surface area contributed by atoms with Gasteiger partial charge in [0.25, 0.3) is 5.91 Å². The number of hydrogen-bond acceptors (Lipinski definition) is 4. The summed E-state index contributed by atoms with van der Waals surface area (Å²) >= 11 is 0. The van der Waals surface area contributed by atoms with Crippen LogP contribution >= 0.6 is 0 Å². The first kappa shape index (κ1) is 13.1. The molecule has 0 spiro atoms. The summed E-state index contributed by atoms with van der Waals surface area (Å²) in [6.07, 6.45) is 3.25. The topological polar surface area (TPSA) is 66.9 Å². The van der Waals surface area contributed by atoms with Crippen molar-refractivity contribution in [2.75, 3.05) is 17.7 Å². The molecule has 0 fully saturated rings. The molecule has 1 aromatic carbocycles. The maximum atomic E-state index is 12.3. The molecule has 1 amide bonds. The maximum Gasteiger partial charge on any atom is 0.274 e. The first-order chi connectivity index (χ1) is 10.3. The van der Waals surface area contributed by atoms with Crippen molar-refractivity contribution in [3.8, 4) is 0 Å². The molecule has 0 atom stereocenters. The Bertz CT molecular complexity index is 787. The quantitative estimate of drug-likeness (QED) is 0.773. The van der Waals surface area contributed by atoms with E-state index in [0.717, 1.165) is 10.8 Å². The van der Waals surface area contributed by atoms with Crippen molar-refractivity contribution in [2.24, 2.45) is 0 Å². The van der Waals surface area contributed by atoms with Gasteiger partial charge in [0.1, 0.15) is 11.5 Å². The smallest absolute Gasteiger partial charge is 0.274 e. The second-order valence-corrected chi connectivity index (χ2v) is 4.52. The van der Waals surface area contributed by atoms with Crippen molar-refractivity contribution >= 4 is 28.2 Å². The minimum absolute atomic E-state index is 0.259. The van der Waals surface area contributed by atoms with E-state index in [1.165, 1.54) is 0 Å². The van der Waals surface area contributed by atoms with E-state index in [4.69, 9.17) is 0 Å². The Labute approximate surface area is 122 Å². The molecule has 0 aliphatic carbocycles. The summed E-state index contributed by atoms with van der Waals surface area (Å²) in [5.74, 6) is 0.426. The van der Waals surface area contributed by atoms with E-state index in [1.54, 1.807) is 37.6 Å². The summed E-state index contributed by atoms with van der Waals surface area (Å²) in [7, 11) is 1.79. The van der Waals surface area contributed by atoms with E-state index in [1.807, 2.05) is 24.3 Å². The van der Waals surface area contributed by atoms with Gasteiger partial charge in [0.05, 0.1) is 11.9 Å². The molecule has 2 heterocycles. The number of fused-ring (bicyclic) bond motifs is 1. The van der Waals surface area contributed by atoms with Crippen molar-refractivity contribution < 1.29 is 4.79 Å². The number of rotatable bonds is 3. The Balaban J connectivity index is 1.98. The molecule has 2 aromatic heterocycles. The minimum atomic E-state index is -0.259. The molecule has 3 rings (SSSR count). The van der Waals surface area contributed by atoms with Gasteiger partial charge in [0.2, 0.25) is 0 Å². The molecule has 0 aliphatic heterocycles. The molecule has 104 valence electrons. The van der Waals surface area contributed by atoms with Crippen LogP contribution in [-0.2, 0) is 0 Å². The van der Waals surface area contributed by atoms with Crippen LogP contribution in [0.4, 0.5) is 11.5 Å². The van der Waals surface area contributed by atoms with Gasteiger partial charge in [-0.25, -0.2) is 4.98 Å². The standard InChI is InChI=1S/C16H14N4O/c1-17-15-13-7-3-2-5-11(13)9-14(20-15)16(21)19-12-6-4-8-18-10-12/h2-10H,1H3,(H,17,20)(H,19,21). The van der Waals surface area contributed by atoms with E-state index in [9.17, 15) is 4.79 Å². The van der Waals surface area contributed by atoms with Crippen LogP contribution in [0.1, 0.15) is 10.5 Å². The van der Waals surface area contributed by atoms with Crippen molar-refractivity contribution in [1.29, 1.82) is 0 Å². The highest BCUT2D eigenvalue weighted by molar-refractivity contribution is 6.06.